The molecular formula is C6H10O2S3. The molecular weight excluding hydrogens is 200 g/mol. The average molecular weight is 210 g/mol. The lowest BCUT2D eigenvalue weighted by molar-refractivity contribution is -0.142. The van der Waals surface area contributed by atoms with Crippen molar-refractivity contribution >= 4 is 46.1 Å². The molecule has 0 aromatic rings. The van der Waals surface area contributed by atoms with Gasteiger partial charge in [-0.2, -0.15) is 0 Å². The minimum atomic E-state index is -0.171. The van der Waals surface area contributed by atoms with Crippen molar-refractivity contribution in [2.75, 3.05) is 12.4 Å². The summed E-state index contributed by atoms with van der Waals surface area (Å²) in [5.41, 5.74) is 0. The highest BCUT2D eigenvalue weighted by atomic mass is 32.2. The molecule has 2 nitrogen and oxygen atoms in total. The SMILES string of the molecule is CCC(=O)OCCSC(=S)S. The van der Waals surface area contributed by atoms with E-state index in [9.17, 15) is 4.79 Å². The molecule has 0 aromatic heterocycles. The fourth-order valence-electron chi connectivity index (χ4n) is 0.387. The van der Waals surface area contributed by atoms with E-state index in [0.29, 0.717) is 22.3 Å². The van der Waals surface area contributed by atoms with Crippen LogP contribution in [0.15, 0.2) is 0 Å². The molecule has 11 heavy (non-hydrogen) atoms. The second-order valence-corrected chi connectivity index (χ2v) is 4.51. The zero-order valence-electron chi connectivity index (χ0n) is 6.20. The monoisotopic (exact) mass is 210 g/mol. The lowest BCUT2D eigenvalue weighted by atomic mass is 10.5. The summed E-state index contributed by atoms with van der Waals surface area (Å²) in [6, 6.07) is 0. The maximum absolute atomic E-state index is 10.6. The first-order chi connectivity index (χ1) is 5.16. The fourth-order valence-corrected chi connectivity index (χ4v) is 1.25. The van der Waals surface area contributed by atoms with Gasteiger partial charge in [-0.15, -0.1) is 24.4 Å². The van der Waals surface area contributed by atoms with Crippen molar-refractivity contribution in [2.45, 2.75) is 13.3 Å². The van der Waals surface area contributed by atoms with Crippen molar-refractivity contribution < 1.29 is 9.53 Å². The van der Waals surface area contributed by atoms with Crippen LogP contribution in [0, 0.1) is 0 Å². The summed E-state index contributed by atoms with van der Waals surface area (Å²) < 4.78 is 5.37. The molecule has 0 aliphatic carbocycles. The molecule has 0 unspecified atom stereocenters. The molecule has 0 amide bonds. The van der Waals surface area contributed by atoms with E-state index in [1.54, 1.807) is 6.92 Å². The molecule has 0 spiro atoms. The molecule has 64 valence electrons. The molecule has 0 N–H and O–H groups in total. The second-order valence-electron chi connectivity index (χ2n) is 1.69. The fraction of sp³-hybridized carbons (Fsp3) is 0.667. The van der Waals surface area contributed by atoms with E-state index in [0.717, 1.165) is 0 Å². The third kappa shape index (κ3) is 8.16. The van der Waals surface area contributed by atoms with Crippen molar-refractivity contribution in [1.82, 2.24) is 0 Å². The van der Waals surface area contributed by atoms with Gasteiger partial charge in [-0.25, -0.2) is 0 Å². The highest BCUT2D eigenvalue weighted by Gasteiger charge is 1.97. The summed E-state index contributed by atoms with van der Waals surface area (Å²) in [4.78, 5) is 10.6. The van der Waals surface area contributed by atoms with Crippen LogP contribution in [0.2, 0.25) is 0 Å². The van der Waals surface area contributed by atoms with Crippen LogP contribution in [0.1, 0.15) is 13.3 Å². The van der Waals surface area contributed by atoms with Crippen LogP contribution in [-0.2, 0) is 9.53 Å². The number of ether oxygens (including phenoxy) is 1. The average Bonchev–Trinajstić information content (AvgIpc) is 1.97. The van der Waals surface area contributed by atoms with Gasteiger partial charge in [0.2, 0.25) is 0 Å². The summed E-state index contributed by atoms with van der Waals surface area (Å²) in [6.45, 7) is 2.18. The Kier molecular flexibility index (Phi) is 7.10. The summed E-state index contributed by atoms with van der Waals surface area (Å²) in [5, 5.41) is 0. The predicted octanol–water partition coefficient (Wildman–Crippen LogP) is 1.89. The van der Waals surface area contributed by atoms with E-state index >= 15 is 0 Å². The van der Waals surface area contributed by atoms with E-state index in [2.05, 4.69) is 24.8 Å². The first-order valence-electron chi connectivity index (χ1n) is 3.18. The molecule has 0 radical (unpaired) electrons. The van der Waals surface area contributed by atoms with Crippen LogP contribution in [0.25, 0.3) is 0 Å². The zero-order chi connectivity index (χ0) is 8.69. The first-order valence-corrected chi connectivity index (χ1v) is 5.02. The number of carbonyl (C=O) groups excluding carboxylic acids is 1. The van der Waals surface area contributed by atoms with Crippen LogP contribution in [-0.4, -0.2) is 21.9 Å². The molecule has 0 aliphatic heterocycles. The maximum Gasteiger partial charge on any atom is 0.305 e. The Morgan fingerprint density at radius 3 is 2.82 bits per heavy atom. The zero-order valence-corrected chi connectivity index (χ0v) is 8.73. The van der Waals surface area contributed by atoms with Gasteiger partial charge < -0.3 is 4.74 Å². The Morgan fingerprint density at radius 1 is 1.73 bits per heavy atom. The highest BCUT2D eigenvalue weighted by Crippen LogP contribution is 2.06. The van der Waals surface area contributed by atoms with Crippen molar-refractivity contribution in [3.8, 4) is 0 Å². The van der Waals surface area contributed by atoms with E-state index in [4.69, 9.17) is 4.74 Å². The largest absolute Gasteiger partial charge is 0.465 e. The Bertz CT molecular complexity index is 147. The topological polar surface area (TPSA) is 26.3 Å². The van der Waals surface area contributed by atoms with Crippen molar-refractivity contribution in [3.63, 3.8) is 0 Å². The Balaban J connectivity index is 3.14. The molecule has 0 atom stereocenters. The van der Waals surface area contributed by atoms with Gasteiger partial charge in [-0.05, 0) is 0 Å². The number of thiol groups is 1. The Hall–Kier alpha value is 0.260. The van der Waals surface area contributed by atoms with Crippen LogP contribution in [0.3, 0.4) is 0 Å². The molecule has 0 saturated carbocycles. The minimum Gasteiger partial charge on any atom is -0.465 e. The molecule has 0 saturated heterocycles. The maximum atomic E-state index is 10.6. The van der Waals surface area contributed by atoms with E-state index in [1.165, 1.54) is 11.8 Å². The van der Waals surface area contributed by atoms with E-state index < -0.39 is 0 Å². The number of hydrogen-bond acceptors (Lipinski definition) is 4. The standard InChI is InChI=1S/C6H10O2S3/c1-2-5(7)8-3-4-11-6(9)10/h2-4H2,1H3,(H,9,10). The summed E-state index contributed by atoms with van der Waals surface area (Å²) in [5.74, 6) is 0.518. The number of thioether (sulfide) groups is 1. The third-order valence-corrected chi connectivity index (χ3v) is 2.22. The summed E-state index contributed by atoms with van der Waals surface area (Å²) in [6.07, 6.45) is 0.427. The van der Waals surface area contributed by atoms with Crippen molar-refractivity contribution in [3.05, 3.63) is 0 Å². The second kappa shape index (κ2) is 6.94. The van der Waals surface area contributed by atoms with Crippen LogP contribution >= 0.6 is 36.6 Å². The Labute approximate surface area is 81.5 Å². The quantitative estimate of drug-likeness (QED) is 0.332. The molecule has 0 fully saturated rings. The van der Waals surface area contributed by atoms with Crippen LogP contribution in [0.4, 0.5) is 0 Å². The van der Waals surface area contributed by atoms with Gasteiger partial charge >= 0.3 is 5.97 Å². The van der Waals surface area contributed by atoms with Crippen LogP contribution in [0.5, 0.6) is 0 Å². The van der Waals surface area contributed by atoms with Crippen LogP contribution < -0.4 is 0 Å². The van der Waals surface area contributed by atoms with Gasteiger partial charge in [0.05, 0.1) is 0 Å². The van der Waals surface area contributed by atoms with Gasteiger partial charge in [0.25, 0.3) is 0 Å². The number of esters is 1. The molecule has 0 bridgehead atoms. The highest BCUT2D eigenvalue weighted by molar-refractivity contribution is 8.41. The molecule has 5 heteroatoms. The van der Waals surface area contributed by atoms with Gasteiger partial charge in [0.1, 0.15) is 10.1 Å². The van der Waals surface area contributed by atoms with Gasteiger partial charge in [-0.1, -0.05) is 19.1 Å². The van der Waals surface area contributed by atoms with Gasteiger partial charge in [-0.3, -0.25) is 4.79 Å². The lowest BCUT2D eigenvalue weighted by Gasteiger charge is -2.00. The first kappa shape index (κ1) is 11.3. The Morgan fingerprint density at radius 2 is 2.36 bits per heavy atom. The minimum absolute atomic E-state index is 0.171. The lowest BCUT2D eigenvalue weighted by Crippen LogP contribution is -2.05. The summed E-state index contributed by atoms with van der Waals surface area (Å²) >= 11 is 9.99. The number of thiocarbonyl (C=S) groups is 1. The summed E-state index contributed by atoms with van der Waals surface area (Å²) in [7, 11) is 0. The number of carbonyl (C=O) groups is 1. The number of rotatable bonds is 4. The third-order valence-electron chi connectivity index (χ3n) is 0.861. The predicted molar refractivity (Wildman–Crippen MR) is 55.3 cm³/mol. The smallest absolute Gasteiger partial charge is 0.305 e. The van der Waals surface area contributed by atoms with Crippen molar-refractivity contribution in [2.24, 2.45) is 0 Å². The molecule has 0 aliphatic rings. The van der Waals surface area contributed by atoms with Gasteiger partial charge in [0, 0.05) is 12.2 Å². The number of hydrogen-bond donors (Lipinski definition) is 1. The normalized spacial score (nSPS) is 9.27. The van der Waals surface area contributed by atoms with E-state index in [1.807, 2.05) is 0 Å². The molecule has 0 heterocycles. The molecule has 0 rings (SSSR count). The van der Waals surface area contributed by atoms with Crippen molar-refractivity contribution in [1.29, 1.82) is 0 Å². The molecule has 0 aromatic carbocycles. The van der Waals surface area contributed by atoms with E-state index in [-0.39, 0.29) is 5.97 Å². The van der Waals surface area contributed by atoms with Gasteiger partial charge in [0.15, 0.2) is 0 Å².